The maximum Gasteiger partial charge on any atom is 0.353 e. The molecule has 0 radical (unpaired) electrons. The zero-order valence-electron chi connectivity index (χ0n) is 12.1. The summed E-state index contributed by atoms with van der Waals surface area (Å²) >= 11 is 0. The maximum atomic E-state index is 11.3. The van der Waals surface area contributed by atoms with E-state index in [-0.39, 0.29) is 17.0 Å². The predicted molar refractivity (Wildman–Crippen MR) is 77.9 cm³/mol. The summed E-state index contributed by atoms with van der Waals surface area (Å²) in [7, 11) is 0. The second-order valence-electron chi connectivity index (χ2n) is 5.72. The maximum absolute atomic E-state index is 11.3. The average Bonchev–Trinajstić information content (AvgIpc) is 3.20. The molecule has 0 aliphatic heterocycles. The molecule has 0 unspecified atom stereocenters. The van der Waals surface area contributed by atoms with Gasteiger partial charge in [-0.1, -0.05) is 6.92 Å². The van der Waals surface area contributed by atoms with E-state index in [0.29, 0.717) is 18.3 Å². The van der Waals surface area contributed by atoms with Crippen LogP contribution < -0.4 is 10.6 Å². The second kappa shape index (κ2) is 5.60. The highest BCUT2D eigenvalue weighted by Gasteiger charge is 2.39. The molecule has 1 saturated carbocycles. The van der Waals surface area contributed by atoms with Crippen LogP contribution in [0.25, 0.3) is 0 Å². The summed E-state index contributed by atoms with van der Waals surface area (Å²) in [6, 6.07) is 0. The van der Waals surface area contributed by atoms with Crippen molar-refractivity contribution in [1.29, 1.82) is 0 Å². The zero-order chi connectivity index (χ0) is 14.8. The molecule has 0 saturated heterocycles. The number of nitrogens with zero attached hydrogens (tertiary/aromatic N) is 3. The van der Waals surface area contributed by atoms with Crippen LogP contribution in [0.1, 0.15) is 40.0 Å². The predicted octanol–water partition coefficient (Wildman–Crippen LogP) is 2.81. The third-order valence-corrected chi connectivity index (χ3v) is 3.59. The first-order chi connectivity index (χ1) is 9.45. The van der Waals surface area contributed by atoms with Gasteiger partial charge < -0.3 is 10.6 Å². The fraction of sp³-hybridized carbons (Fsp3) is 0.692. The van der Waals surface area contributed by atoms with Gasteiger partial charge in [-0.15, -0.1) is 0 Å². The van der Waals surface area contributed by atoms with Crippen LogP contribution in [-0.4, -0.2) is 27.0 Å². The summed E-state index contributed by atoms with van der Waals surface area (Å²) in [5.74, 6) is 1.12. The average molecular weight is 279 g/mol. The lowest BCUT2D eigenvalue weighted by Crippen LogP contribution is -2.34. The SMILES string of the molecule is CCCNc1ncnc(NC(C)(C)C2CC2)c1[N+](=O)[O-]. The van der Waals surface area contributed by atoms with E-state index >= 15 is 0 Å². The first kappa shape index (κ1) is 14.5. The van der Waals surface area contributed by atoms with Crippen LogP contribution in [-0.2, 0) is 0 Å². The lowest BCUT2D eigenvalue weighted by atomic mass is 9.99. The third-order valence-electron chi connectivity index (χ3n) is 3.59. The Labute approximate surface area is 118 Å². The summed E-state index contributed by atoms with van der Waals surface area (Å²) in [5, 5.41) is 17.5. The van der Waals surface area contributed by atoms with Crippen molar-refractivity contribution in [1.82, 2.24) is 9.97 Å². The fourth-order valence-corrected chi connectivity index (χ4v) is 2.23. The van der Waals surface area contributed by atoms with Gasteiger partial charge in [0.1, 0.15) is 6.33 Å². The number of hydrogen-bond donors (Lipinski definition) is 2. The van der Waals surface area contributed by atoms with Gasteiger partial charge in [-0.25, -0.2) is 9.97 Å². The van der Waals surface area contributed by atoms with E-state index in [1.54, 1.807) is 0 Å². The Morgan fingerprint density at radius 3 is 2.60 bits per heavy atom. The van der Waals surface area contributed by atoms with E-state index in [0.717, 1.165) is 19.3 Å². The van der Waals surface area contributed by atoms with Gasteiger partial charge in [0, 0.05) is 12.1 Å². The van der Waals surface area contributed by atoms with E-state index in [9.17, 15) is 10.1 Å². The van der Waals surface area contributed by atoms with Gasteiger partial charge in [0.25, 0.3) is 0 Å². The Morgan fingerprint density at radius 1 is 1.40 bits per heavy atom. The highest BCUT2D eigenvalue weighted by Crippen LogP contribution is 2.42. The normalized spacial score (nSPS) is 14.9. The van der Waals surface area contributed by atoms with Crippen molar-refractivity contribution in [3.63, 3.8) is 0 Å². The zero-order valence-corrected chi connectivity index (χ0v) is 12.1. The van der Waals surface area contributed by atoms with Crippen molar-refractivity contribution in [3.8, 4) is 0 Å². The molecule has 1 aromatic rings. The van der Waals surface area contributed by atoms with Gasteiger partial charge in [-0.3, -0.25) is 10.1 Å². The molecule has 0 bridgehead atoms. The standard InChI is InChI=1S/C13H21N5O2/c1-4-7-14-11-10(18(19)20)12(16-8-15-11)17-13(2,3)9-5-6-9/h8-9H,4-7H2,1-3H3,(H2,14,15,16,17). The van der Waals surface area contributed by atoms with Crippen LogP contribution >= 0.6 is 0 Å². The van der Waals surface area contributed by atoms with Crippen LogP contribution in [0.2, 0.25) is 0 Å². The first-order valence-electron chi connectivity index (χ1n) is 6.97. The molecule has 2 rings (SSSR count). The number of anilines is 2. The molecule has 0 aromatic carbocycles. The lowest BCUT2D eigenvalue weighted by molar-refractivity contribution is -0.383. The molecule has 2 N–H and O–H groups in total. The van der Waals surface area contributed by atoms with Crippen LogP contribution in [0.3, 0.4) is 0 Å². The van der Waals surface area contributed by atoms with Gasteiger partial charge in [0.15, 0.2) is 0 Å². The third kappa shape index (κ3) is 3.15. The molecule has 7 heteroatoms. The van der Waals surface area contributed by atoms with E-state index in [1.807, 2.05) is 6.92 Å². The van der Waals surface area contributed by atoms with Crippen LogP contribution in [0.4, 0.5) is 17.3 Å². The van der Waals surface area contributed by atoms with Gasteiger partial charge in [-0.2, -0.15) is 0 Å². The Morgan fingerprint density at radius 2 is 2.05 bits per heavy atom. The molecule has 110 valence electrons. The largest absolute Gasteiger partial charge is 0.364 e. The monoisotopic (exact) mass is 279 g/mol. The smallest absolute Gasteiger partial charge is 0.353 e. The molecule has 1 fully saturated rings. The molecule has 0 amide bonds. The number of rotatable bonds is 7. The number of nitro groups is 1. The second-order valence-corrected chi connectivity index (χ2v) is 5.72. The Hall–Kier alpha value is -1.92. The van der Waals surface area contributed by atoms with E-state index in [4.69, 9.17) is 0 Å². The Bertz CT molecular complexity index is 500. The molecule has 7 nitrogen and oxygen atoms in total. The number of hydrogen-bond acceptors (Lipinski definition) is 6. The Balaban J connectivity index is 2.29. The minimum absolute atomic E-state index is 0.0744. The van der Waals surface area contributed by atoms with E-state index in [2.05, 4.69) is 34.4 Å². The molecule has 1 aliphatic carbocycles. The van der Waals surface area contributed by atoms with Gasteiger partial charge in [-0.05, 0) is 39.0 Å². The van der Waals surface area contributed by atoms with Crippen LogP contribution in [0.5, 0.6) is 0 Å². The fourth-order valence-electron chi connectivity index (χ4n) is 2.23. The van der Waals surface area contributed by atoms with E-state index < -0.39 is 4.92 Å². The van der Waals surface area contributed by atoms with Crippen molar-refractivity contribution in [3.05, 3.63) is 16.4 Å². The topological polar surface area (TPSA) is 93.0 Å². The molecular formula is C13H21N5O2. The van der Waals surface area contributed by atoms with Crippen molar-refractivity contribution < 1.29 is 4.92 Å². The molecule has 1 heterocycles. The van der Waals surface area contributed by atoms with Gasteiger partial charge in [0.2, 0.25) is 11.6 Å². The minimum atomic E-state index is -0.427. The van der Waals surface area contributed by atoms with Gasteiger partial charge in [0.05, 0.1) is 4.92 Å². The molecular weight excluding hydrogens is 258 g/mol. The molecule has 0 atom stereocenters. The Kier molecular flexibility index (Phi) is 4.06. The molecule has 1 aliphatic rings. The number of aromatic nitrogens is 2. The number of nitrogens with one attached hydrogen (secondary N) is 2. The molecule has 0 spiro atoms. The van der Waals surface area contributed by atoms with Crippen molar-refractivity contribution in [2.75, 3.05) is 17.2 Å². The minimum Gasteiger partial charge on any atom is -0.364 e. The molecule has 20 heavy (non-hydrogen) atoms. The summed E-state index contributed by atoms with van der Waals surface area (Å²) in [4.78, 5) is 18.9. The lowest BCUT2D eigenvalue weighted by Gasteiger charge is -2.26. The summed E-state index contributed by atoms with van der Waals surface area (Å²) in [6.45, 7) is 6.74. The molecule has 1 aromatic heterocycles. The van der Waals surface area contributed by atoms with Crippen LogP contribution in [0.15, 0.2) is 6.33 Å². The quantitative estimate of drug-likeness (QED) is 0.589. The van der Waals surface area contributed by atoms with Gasteiger partial charge >= 0.3 is 5.69 Å². The van der Waals surface area contributed by atoms with E-state index in [1.165, 1.54) is 6.33 Å². The highest BCUT2D eigenvalue weighted by atomic mass is 16.6. The van der Waals surface area contributed by atoms with Crippen molar-refractivity contribution in [2.24, 2.45) is 5.92 Å². The van der Waals surface area contributed by atoms with Crippen LogP contribution in [0, 0.1) is 16.0 Å². The summed E-state index contributed by atoms with van der Waals surface area (Å²) in [6.07, 6.45) is 4.54. The highest BCUT2D eigenvalue weighted by molar-refractivity contribution is 5.69. The van der Waals surface area contributed by atoms with Crippen molar-refractivity contribution >= 4 is 17.3 Å². The van der Waals surface area contributed by atoms with Crippen molar-refractivity contribution in [2.45, 2.75) is 45.6 Å². The summed E-state index contributed by atoms with van der Waals surface area (Å²) in [5.41, 5.74) is -0.268. The summed E-state index contributed by atoms with van der Waals surface area (Å²) < 4.78 is 0. The first-order valence-corrected chi connectivity index (χ1v) is 6.97.